The van der Waals surface area contributed by atoms with E-state index in [1.165, 1.54) is 154 Å². The van der Waals surface area contributed by atoms with Gasteiger partial charge >= 0.3 is 7.82 Å². The van der Waals surface area contributed by atoms with Crippen molar-refractivity contribution in [1.82, 2.24) is 5.32 Å². The van der Waals surface area contributed by atoms with E-state index in [0.29, 0.717) is 17.4 Å². The first-order chi connectivity index (χ1) is 39.0. The number of aliphatic hydroxyl groups excluding tert-OH is 1. The molecule has 0 aliphatic carbocycles. The van der Waals surface area contributed by atoms with Crippen LogP contribution in [0.5, 0.6) is 0 Å². The van der Waals surface area contributed by atoms with Gasteiger partial charge in [0, 0.05) is 6.42 Å². The molecule has 0 aromatic carbocycles. The van der Waals surface area contributed by atoms with Crippen LogP contribution in [0, 0.1) is 0 Å². The highest BCUT2D eigenvalue weighted by atomic mass is 31.2. The van der Waals surface area contributed by atoms with E-state index in [-0.39, 0.29) is 19.1 Å². The summed E-state index contributed by atoms with van der Waals surface area (Å²) in [6.07, 6.45) is 90.3. The summed E-state index contributed by atoms with van der Waals surface area (Å²) in [5.74, 6) is -0.183. The van der Waals surface area contributed by atoms with Crippen LogP contribution in [0.4, 0.5) is 0 Å². The molecule has 3 N–H and O–H groups in total. The number of hydrogen-bond donors (Lipinski definition) is 3. The molecule has 3 atom stereocenters. The average Bonchev–Trinajstić information content (AvgIpc) is 3.42. The fourth-order valence-electron chi connectivity index (χ4n) is 9.09. The maximum atomic E-state index is 13.0. The number of quaternary nitrogens is 1. The highest BCUT2D eigenvalue weighted by Gasteiger charge is 2.27. The van der Waals surface area contributed by atoms with Gasteiger partial charge < -0.3 is 19.8 Å². The van der Waals surface area contributed by atoms with Crippen molar-refractivity contribution in [3.8, 4) is 0 Å². The van der Waals surface area contributed by atoms with Crippen molar-refractivity contribution in [3.05, 3.63) is 122 Å². The molecule has 0 heterocycles. The molecular formula is C71H126N2O6P+. The number of carbonyl (C=O) groups is 1. The Morgan fingerprint density at radius 3 is 1.10 bits per heavy atom. The first-order valence-corrected chi connectivity index (χ1v) is 34.4. The molecule has 80 heavy (non-hydrogen) atoms. The van der Waals surface area contributed by atoms with E-state index in [9.17, 15) is 19.4 Å². The van der Waals surface area contributed by atoms with Crippen LogP contribution in [0.25, 0.3) is 0 Å². The number of nitrogens with one attached hydrogen (secondary N) is 1. The predicted octanol–water partition coefficient (Wildman–Crippen LogP) is 20.9. The third-order valence-electron chi connectivity index (χ3n) is 14.2. The summed E-state index contributed by atoms with van der Waals surface area (Å²) in [7, 11) is 1.56. The van der Waals surface area contributed by atoms with Crippen LogP contribution in [0.3, 0.4) is 0 Å². The fraction of sp³-hybridized carbons (Fsp3) is 0.704. The van der Waals surface area contributed by atoms with Gasteiger partial charge in [0.05, 0.1) is 39.9 Å². The van der Waals surface area contributed by atoms with Crippen molar-refractivity contribution >= 4 is 13.7 Å². The van der Waals surface area contributed by atoms with E-state index in [4.69, 9.17) is 9.05 Å². The van der Waals surface area contributed by atoms with Crippen LogP contribution in [0.2, 0.25) is 0 Å². The van der Waals surface area contributed by atoms with Crippen molar-refractivity contribution in [2.45, 2.75) is 283 Å². The standard InChI is InChI=1S/C71H125N2O6P/c1-6-8-10-12-14-16-18-20-22-24-26-27-28-29-30-31-32-33-34-35-36-37-38-39-40-41-42-43-44-45-47-49-51-53-55-57-59-61-63-65-71(75)72-69(68-79-80(76,77)78-67-66-73(3,4)5)70(74)64-62-60-58-56-54-52-50-48-46-25-23-21-19-17-15-13-11-9-7-2/h8,10,14,16,20,22,26-27,29-30,32-33,35-36,38-39,41-42,62,64,69-70,74H,6-7,9,11-13,15,17-19,21,23-25,28,31,34,37,40,43-61,63,65-68H2,1-5H3,(H-,72,75,76,77)/p+1/b10-8-,16-14-,22-20-,27-26-,30-29-,33-32-,36-35-,39-38-,42-41-,64-62+. The summed E-state index contributed by atoms with van der Waals surface area (Å²) in [5, 5.41) is 14.0. The zero-order valence-corrected chi connectivity index (χ0v) is 53.4. The van der Waals surface area contributed by atoms with Crippen LogP contribution < -0.4 is 5.32 Å². The zero-order valence-electron chi connectivity index (χ0n) is 52.5. The molecule has 0 aliphatic rings. The Hall–Kier alpha value is -3.10. The molecule has 1 amide bonds. The van der Waals surface area contributed by atoms with Gasteiger partial charge in [-0.1, -0.05) is 296 Å². The molecule has 0 saturated carbocycles. The molecule has 0 aliphatic heterocycles. The Morgan fingerprint density at radius 1 is 0.438 bits per heavy atom. The molecule has 0 fully saturated rings. The van der Waals surface area contributed by atoms with Crippen molar-refractivity contribution in [2.75, 3.05) is 40.9 Å². The Labute approximate surface area is 494 Å². The topological polar surface area (TPSA) is 105 Å². The first-order valence-electron chi connectivity index (χ1n) is 32.9. The molecule has 0 aromatic heterocycles. The molecule has 0 aromatic rings. The number of nitrogens with zero attached hydrogens (tertiary/aromatic N) is 1. The molecule has 460 valence electrons. The van der Waals surface area contributed by atoms with E-state index in [0.717, 1.165) is 96.3 Å². The minimum atomic E-state index is -4.36. The van der Waals surface area contributed by atoms with E-state index >= 15 is 0 Å². The summed E-state index contributed by atoms with van der Waals surface area (Å²) in [5.41, 5.74) is 0. The number of hydrogen-bond acceptors (Lipinski definition) is 5. The lowest BCUT2D eigenvalue weighted by molar-refractivity contribution is -0.870. The third kappa shape index (κ3) is 62.5. The smallest absolute Gasteiger partial charge is 0.387 e. The molecular weight excluding hydrogens is 1010 g/mol. The minimum Gasteiger partial charge on any atom is -0.387 e. The number of phosphoric acid groups is 1. The largest absolute Gasteiger partial charge is 0.472 e. The highest BCUT2D eigenvalue weighted by molar-refractivity contribution is 7.47. The van der Waals surface area contributed by atoms with Gasteiger partial charge in [-0.15, -0.1) is 0 Å². The van der Waals surface area contributed by atoms with Gasteiger partial charge in [-0.05, 0) is 89.9 Å². The summed E-state index contributed by atoms with van der Waals surface area (Å²) >= 11 is 0. The summed E-state index contributed by atoms with van der Waals surface area (Å²) in [6.45, 7) is 4.71. The normalized spacial score (nSPS) is 14.5. The first kappa shape index (κ1) is 76.9. The van der Waals surface area contributed by atoms with Crippen LogP contribution in [0.1, 0.15) is 271 Å². The molecule has 0 spiro atoms. The van der Waals surface area contributed by atoms with E-state index in [1.54, 1.807) is 6.08 Å². The molecule has 0 radical (unpaired) electrons. The van der Waals surface area contributed by atoms with Crippen molar-refractivity contribution < 1.29 is 32.9 Å². The van der Waals surface area contributed by atoms with Gasteiger partial charge in [0.25, 0.3) is 0 Å². The monoisotopic (exact) mass is 1130 g/mol. The van der Waals surface area contributed by atoms with Crippen LogP contribution in [-0.4, -0.2) is 73.4 Å². The Morgan fingerprint density at radius 2 is 0.750 bits per heavy atom. The van der Waals surface area contributed by atoms with Crippen LogP contribution in [0.15, 0.2) is 122 Å². The van der Waals surface area contributed by atoms with Crippen LogP contribution in [-0.2, 0) is 18.4 Å². The van der Waals surface area contributed by atoms with E-state index < -0.39 is 20.0 Å². The second-order valence-corrected chi connectivity index (χ2v) is 24.6. The highest BCUT2D eigenvalue weighted by Crippen LogP contribution is 2.43. The molecule has 0 bridgehead atoms. The molecule has 0 saturated heterocycles. The summed E-state index contributed by atoms with van der Waals surface area (Å²) < 4.78 is 23.8. The zero-order chi connectivity index (χ0) is 58.4. The van der Waals surface area contributed by atoms with Gasteiger partial charge in [0.1, 0.15) is 13.2 Å². The van der Waals surface area contributed by atoms with E-state index in [1.807, 2.05) is 27.2 Å². The molecule has 3 unspecified atom stereocenters. The van der Waals surface area contributed by atoms with Crippen molar-refractivity contribution in [1.29, 1.82) is 0 Å². The predicted molar refractivity (Wildman–Crippen MR) is 350 cm³/mol. The lowest BCUT2D eigenvalue weighted by atomic mass is 10.0. The molecule has 8 nitrogen and oxygen atoms in total. The Balaban J connectivity index is 4.11. The second-order valence-electron chi connectivity index (χ2n) is 23.1. The number of likely N-dealkylation sites (N-methyl/N-ethyl adjacent to an activating group) is 1. The van der Waals surface area contributed by atoms with Gasteiger partial charge in [0.2, 0.25) is 5.91 Å². The number of carbonyl (C=O) groups excluding carboxylic acids is 1. The van der Waals surface area contributed by atoms with Gasteiger partial charge in [0.15, 0.2) is 0 Å². The number of allylic oxidation sites excluding steroid dienone is 19. The van der Waals surface area contributed by atoms with Crippen LogP contribution >= 0.6 is 7.82 Å². The Bertz CT molecular complexity index is 1720. The summed E-state index contributed by atoms with van der Waals surface area (Å²) in [4.78, 5) is 23.4. The lowest BCUT2D eigenvalue weighted by Crippen LogP contribution is -2.45. The number of aliphatic hydroxyl groups is 1. The molecule has 0 rings (SSSR count). The molecule has 9 heteroatoms. The average molecular weight is 1130 g/mol. The number of rotatable bonds is 59. The second kappa shape index (κ2) is 60.5. The maximum Gasteiger partial charge on any atom is 0.472 e. The number of amides is 1. The van der Waals surface area contributed by atoms with Gasteiger partial charge in [-0.25, -0.2) is 4.57 Å². The van der Waals surface area contributed by atoms with Crippen molar-refractivity contribution in [3.63, 3.8) is 0 Å². The minimum absolute atomic E-state index is 0.0565. The van der Waals surface area contributed by atoms with E-state index in [2.05, 4.69) is 129 Å². The van der Waals surface area contributed by atoms with Gasteiger partial charge in [-0.2, -0.15) is 0 Å². The number of unbranched alkanes of at least 4 members (excludes halogenated alkanes) is 28. The van der Waals surface area contributed by atoms with Gasteiger partial charge in [-0.3, -0.25) is 13.8 Å². The Kier molecular flexibility index (Phi) is 58.1. The number of phosphoric ester groups is 1. The maximum absolute atomic E-state index is 13.0. The fourth-order valence-corrected chi connectivity index (χ4v) is 9.83. The third-order valence-corrected chi connectivity index (χ3v) is 15.2. The SMILES string of the molecule is CC/C=C\C/C=C\C/C=C\C/C=C\C/C=C\C/C=C\C/C=C\C/C=C\C/C=C\CCCCCCCCCCCCCC(=O)NC(COP(=O)(O)OCC[N+](C)(C)C)C(O)/C=C/CCCCCCCCCCCCCCCCCCC. The lowest BCUT2D eigenvalue weighted by Gasteiger charge is -2.25. The summed E-state index contributed by atoms with van der Waals surface area (Å²) in [6, 6.07) is -0.856. The quantitative estimate of drug-likeness (QED) is 0.0243. The van der Waals surface area contributed by atoms with Crippen molar-refractivity contribution in [2.24, 2.45) is 0 Å².